The van der Waals surface area contributed by atoms with Gasteiger partial charge in [-0.2, -0.15) is 0 Å². The summed E-state index contributed by atoms with van der Waals surface area (Å²) in [6.07, 6.45) is 0.772. The molecule has 0 aliphatic carbocycles. The molecule has 1 aliphatic rings. The molecule has 0 radical (unpaired) electrons. The molecule has 2 aromatic carbocycles. The van der Waals surface area contributed by atoms with Gasteiger partial charge in [0.25, 0.3) is 0 Å². The average Bonchev–Trinajstić information content (AvgIpc) is 3.00. The lowest BCUT2D eigenvalue weighted by atomic mass is 10.0. The van der Waals surface area contributed by atoms with Crippen molar-refractivity contribution in [3.63, 3.8) is 0 Å². The van der Waals surface area contributed by atoms with Crippen molar-refractivity contribution in [2.24, 2.45) is 5.92 Å². The Kier molecular flexibility index (Phi) is 4.60. The monoisotopic (exact) mass is 314 g/mol. The molecule has 2 aromatic rings. The van der Waals surface area contributed by atoms with Gasteiger partial charge in [-0.05, 0) is 29.7 Å². The summed E-state index contributed by atoms with van der Waals surface area (Å²) in [6.45, 7) is 5.21. The number of hydrogen-bond acceptors (Lipinski definition) is 4. The highest BCUT2D eigenvalue weighted by Gasteiger charge is 2.18. The van der Waals surface area contributed by atoms with E-state index in [0.29, 0.717) is 12.5 Å². The van der Waals surface area contributed by atoms with Crippen LogP contribution in [0.5, 0.6) is 23.0 Å². The van der Waals surface area contributed by atoms with Crippen molar-refractivity contribution in [2.75, 3.05) is 20.5 Å². The number of methoxy groups -OCH3 is 1. The van der Waals surface area contributed by atoms with Gasteiger partial charge < -0.3 is 18.9 Å². The van der Waals surface area contributed by atoms with E-state index in [-0.39, 0.29) is 6.79 Å². The van der Waals surface area contributed by atoms with E-state index < -0.39 is 0 Å². The Morgan fingerprint density at radius 3 is 2.39 bits per heavy atom. The van der Waals surface area contributed by atoms with Crippen LogP contribution in [0.3, 0.4) is 0 Å². The molecule has 4 nitrogen and oxygen atoms in total. The Morgan fingerprint density at radius 1 is 1.04 bits per heavy atom. The lowest BCUT2D eigenvalue weighted by Gasteiger charge is -2.14. The van der Waals surface area contributed by atoms with Gasteiger partial charge in [0.05, 0.1) is 13.7 Å². The minimum atomic E-state index is 0.269. The van der Waals surface area contributed by atoms with Crippen LogP contribution in [0, 0.1) is 5.92 Å². The van der Waals surface area contributed by atoms with E-state index >= 15 is 0 Å². The molecule has 0 unspecified atom stereocenters. The minimum Gasteiger partial charge on any atom is -0.497 e. The fourth-order valence-electron chi connectivity index (χ4n) is 2.46. The molecule has 0 N–H and O–H groups in total. The molecule has 0 amide bonds. The Bertz CT molecular complexity index is 662. The SMILES string of the molecule is COc1ccc(Cc2cc3c(cc2OCC(C)C)OCO3)cc1. The molecule has 1 aliphatic heterocycles. The molecule has 0 fully saturated rings. The smallest absolute Gasteiger partial charge is 0.231 e. The number of benzene rings is 2. The minimum absolute atomic E-state index is 0.269. The third kappa shape index (κ3) is 3.70. The van der Waals surface area contributed by atoms with Gasteiger partial charge in [-0.15, -0.1) is 0 Å². The summed E-state index contributed by atoms with van der Waals surface area (Å²) in [5.74, 6) is 3.72. The lowest BCUT2D eigenvalue weighted by molar-refractivity contribution is 0.173. The fraction of sp³-hybridized carbons (Fsp3) is 0.368. The maximum absolute atomic E-state index is 5.98. The zero-order chi connectivity index (χ0) is 16.2. The average molecular weight is 314 g/mol. The summed E-state index contributed by atoms with van der Waals surface area (Å²) in [5.41, 5.74) is 2.29. The summed E-state index contributed by atoms with van der Waals surface area (Å²) in [6, 6.07) is 12.0. The van der Waals surface area contributed by atoms with Crippen molar-refractivity contribution in [1.82, 2.24) is 0 Å². The third-order valence-corrected chi connectivity index (χ3v) is 3.68. The first-order valence-corrected chi connectivity index (χ1v) is 7.84. The van der Waals surface area contributed by atoms with E-state index in [1.807, 2.05) is 24.3 Å². The third-order valence-electron chi connectivity index (χ3n) is 3.68. The van der Waals surface area contributed by atoms with Gasteiger partial charge in [0.2, 0.25) is 6.79 Å². The highest BCUT2D eigenvalue weighted by Crippen LogP contribution is 2.39. The van der Waals surface area contributed by atoms with Crippen LogP contribution in [0.25, 0.3) is 0 Å². The van der Waals surface area contributed by atoms with E-state index in [1.54, 1.807) is 7.11 Å². The molecule has 1 heterocycles. The second-order valence-corrected chi connectivity index (χ2v) is 6.04. The zero-order valence-electron chi connectivity index (χ0n) is 13.8. The van der Waals surface area contributed by atoms with Crippen molar-refractivity contribution < 1.29 is 18.9 Å². The Balaban J connectivity index is 1.85. The molecule has 4 heteroatoms. The predicted molar refractivity (Wildman–Crippen MR) is 88.7 cm³/mol. The molecule has 0 spiro atoms. The topological polar surface area (TPSA) is 36.9 Å². The highest BCUT2D eigenvalue weighted by molar-refractivity contribution is 5.53. The molecule has 23 heavy (non-hydrogen) atoms. The van der Waals surface area contributed by atoms with E-state index in [0.717, 1.165) is 35.0 Å². The number of ether oxygens (including phenoxy) is 4. The van der Waals surface area contributed by atoms with Gasteiger partial charge in [-0.1, -0.05) is 26.0 Å². The van der Waals surface area contributed by atoms with Gasteiger partial charge in [-0.3, -0.25) is 0 Å². The van der Waals surface area contributed by atoms with Crippen LogP contribution in [0.1, 0.15) is 25.0 Å². The van der Waals surface area contributed by atoms with Crippen molar-refractivity contribution in [1.29, 1.82) is 0 Å². The maximum atomic E-state index is 5.98. The first kappa shape index (κ1) is 15.5. The van der Waals surface area contributed by atoms with Gasteiger partial charge in [0.15, 0.2) is 11.5 Å². The van der Waals surface area contributed by atoms with Crippen LogP contribution in [-0.4, -0.2) is 20.5 Å². The molecule has 0 saturated carbocycles. The quantitative estimate of drug-likeness (QED) is 0.806. The summed E-state index contributed by atoms with van der Waals surface area (Å²) in [5, 5.41) is 0. The van der Waals surface area contributed by atoms with Crippen LogP contribution < -0.4 is 18.9 Å². The van der Waals surface area contributed by atoms with Crippen molar-refractivity contribution >= 4 is 0 Å². The molecular formula is C19H22O4. The summed E-state index contributed by atoms with van der Waals surface area (Å²) < 4.78 is 22.1. The number of rotatable bonds is 6. The van der Waals surface area contributed by atoms with Crippen LogP contribution >= 0.6 is 0 Å². The molecule has 122 valence electrons. The molecule has 3 rings (SSSR count). The fourth-order valence-corrected chi connectivity index (χ4v) is 2.46. The Labute approximate surface area is 136 Å². The molecule has 0 atom stereocenters. The zero-order valence-corrected chi connectivity index (χ0v) is 13.8. The number of hydrogen-bond donors (Lipinski definition) is 0. The Morgan fingerprint density at radius 2 is 1.74 bits per heavy atom. The van der Waals surface area contributed by atoms with Gasteiger partial charge in [0, 0.05) is 18.1 Å². The summed E-state index contributed by atoms with van der Waals surface area (Å²) in [4.78, 5) is 0. The van der Waals surface area contributed by atoms with Crippen LogP contribution in [0.4, 0.5) is 0 Å². The van der Waals surface area contributed by atoms with Crippen molar-refractivity contribution in [2.45, 2.75) is 20.3 Å². The molecular weight excluding hydrogens is 292 g/mol. The van der Waals surface area contributed by atoms with E-state index in [9.17, 15) is 0 Å². The molecule has 0 bridgehead atoms. The van der Waals surface area contributed by atoms with Crippen LogP contribution in [-0.2, 0) is 6.42 Å². The van der Waals surface area contributed by atoms with Gasteiger partial charge in [-0.25, -0.2) is 0 Å². The first-order valence-electron chi connectivity index (χ1n) is 7.84. The van der Waals surface area contributed by atoms with E-state index in [4.69, 9.17) is 18.9 Å². The maximum Gasteiger partial charge on any atom is 0.231 e. The van der Waals surface area contributed by atoms with Crippen LogP contribution in [0.15, 0.2) is 36.4 Å². The second kappa shape index (κ2) is 6.82. The van der Waals surface area contributed by atoms with Crippen LogP contribution in [0.2, 0.25) is 0 Å². The predicted octanol–water partition coefficient (Wildman–Crippen LogP) is 4.05. The Hall–Kier alpha value is -2.36. The van der Waals surface area contributed by atoms with E-state index in [1.165, 1.54) is 5.56 Å². The first-order chi connectivity index (χ1) is 11.2. The lowest BCUT2D eigenvalue weighted by Crippen LogP contribution is -2.06. The standard InChI is InChI=1S/C19H22O4/c1-13(2)11-21-17-10-19-18(22-12-23-19)9-15(17)8-14-4-6-16(20-3)7-5-14/h4-7,9-10,13H,8,11-12H2,1-3H3. The summed E-state index contributed by atoms with van der Waals surface area (Å²) in [7, 11) is 1.67. The molecule has 0 saturated heterocycles. The molecule has 0 aromatic heterocycles. The van der Waals surface area contributed by atoms with Crippen molar-refractivity contribution in [3.05, 3.63) is 47.5 Å². The highest BCUT2D eigenvalue weighted by atomic mass is 16.7. The summed E-state index contributed by atoms with van der Waals surface area (Å²) >= 11 is 0. The van der Waals surface area contributed by atoms with Gasteiger partial charge in [0.1, 0.15) is 11.5 Å². The van der Waals surface area contributed by atoms with E-state index in [2.05, 4.69) is 26.0 Å². The van der Waals surface area contributed by atoms with Gasteiger partial charge >= 0.3 is 0 Å². The largest absolute Gasteiger partial charge is 0.497 e. The van der Waals surface area contributed by atoms with Crippen molar-refractivity contribution in [3.8, 4) is 23.0 Å². The normalized spacial score (nSPS) is 12.5. The number of fused-ring (bicyclic) bond motifs is 1. The second-order valence-electron chi connectivity index (χ2n) is 6.04.